The van der Waals surface area contributed by atoms with Crippen LogP contribution < -0.4 is 15.4 Å². The minimum atomic E-state index is -3.70. The average Bonchev–Trinajstić information content (AvgIpc) is 3.04. The lowest BCUT2D eigenvalue weighted by Gasteiger charge is -2.08. The highest BCUT2D eigenvalue weighted by Gasteiger charge is 2.10. The van der Waals surface area contributed by atoms with Crippen molar-refractivity contribution in [3.05, 3.63) is 46.1 Å². The summed E-state index contributed by atoms with van der Waals surface area (Å²) in [5.74, 6) is 1.14. The van der Waals surface area contributed by atoms with Crippen LogP contribution in [0.2, 0.25) is 0 Å². The van der Waals surface area contributed by atoms with Crippen LogP contribution in [0.4, 0.5) is 0 Å². The Labute approximate surface area is 152 Å². The summed E-state index contributed by atoms with van der Waals surface area (Å²) in [7, 11) is -2.01. The van der Waals surface area contributed by atoms with Gasteiger partial charge in [-0.2, -0.15) is 0 Å². The molecule has 3 aromatic rings. The standard InChI is InChI=1S/C15H15N3O4S3/c1-18-14(19)12-6-8-23-13(12)17-15(18)24-9-7-22-10-2-4-11(5-3-10)25(16,20)21/h2-6,8H,7,9H2,1H3,(H2,16,20,21). The number of hydrogen-bond donors (Lipinski definition) is 1. The van der Waals surface area contributed by atoms with Crippen molar-refractivity contribution in [2.75, 3.05) is 12.4 Å². The molecule has 3 rings (SSSR count). The molecule has 0 atom stereocenters. The first kappa shape index (κ1) is 17.9. The van der Waals surface area contributed by atoms with E-state index in [2.05, 4.69) is 4.98 Å². The molecule has 7 nitrogen and oxygen atoms in total. The van der Waals surface area contributed by atoms with Crippen molar-refractivity contribution < 1.29 is 13.2 Å². The van der Waals surface area contributed by atoms with Crippen LogP contribution in [0, 0.1) is 0 Å². The molecular weight excluding hydrogens is 382 g/mol. The van der Waals surface area contributed by atoms with Crippen LogP contribution in [0.25, 0.3) is 10.2 Å². The number of nitrogens with zero attached hydrogens (tertiary/aromatic N) is 2. The van der Waals surface area contributed by atoms with Gasteiger partial charge in [-0.25, -0.2) is 18.5 Å². The number of aromatic nitrogens is 2. The van der Waals surface area contributed by atoms with Gasteiger partial charge >= 0.3 is 0 Å². The summed E-state index contributed by atoms with van der Waals surface area (Å²) < 4.78 is 29.5. The number of primary sulfonamides is 1. The number of hydrogen-bond acceptors (Lipinski definition) is 7. The maximum atomic E-state index is 12.2. The lowest BCUT2D eigenvalue weighted by molar-refractivity contribution is 0.343. The van der Waals surface area contributed by atoms with Gasteiger partial charge in [-0.05, 0) is 35.7 Å². The van der Waals surface area contributed by atoms with E-state index >= 15 is 0 Å². The normalized spacial score (nSPS) is 11.8. The molecule has 0 spiro atoms. The molecule has 10 heteroatoms. The summed E-state index contributed by atoms with van der Waals surface area (Å²) in [5, 5.41) is 8.15. The van der Waals surface area contributed by atoms with Crippen molar-refractivity contribution in [3.63, 3.8) is 0 Å². The molecule has 2 N–H and O–H groups in total. The zero-order valence-corrected chi connectivity index (χ0v) is 15.7. The number of benzene rings is 1. The molecule has 0 radical (unpaired) electrons. The first-order valence-corrected chi connectivity index (χ1v) is 10.6. The molecule has 132 valence electrons. The summed E-state index contributed by atoms with van der Waals surface area (Å²) in [4.78, 5) is 17.5. The van der Waals surface area contributed by atoms with E-state index < -0.39 is 10.0 Å². The number of nitrogens with two attached hydrogens (primary N) is 1. The van der Waals surface area contributed by atoms with Crippen molar-refractivity contribution >= 4 is 43.3 Å². The minimum Gasteiger partial charge on any atom is -0.493 e. The topological polar surface area (TPSA) is 104 Å². The van der Waals surface area contributed by atoms with Crippen molar-refractivity contribution in [1.82, 2.24) is 9.55 Å². The van der Waals surface area contributed by atoms with Crippen LogP contribution in [0.5, 0.6) is 5.75 Å². The van der Waals surface area contributed by atoms with Crippen LogP contribution in [-0.4, -0.2) is 30.3 Å². The molecule has 0 aliphatic heterocycles. The molecule has 0 aliphatic rings. The third-order valence-electron chi connectivity index (χ3n) is 3.40. The molecule has 1 aromatic carbocycles. The van der Waals surface area contributed by atoms with Crippen LogP contribution in [0.15, 0.2) is 50.6 Å². The molecule has 0 saturated carbocycles. The Kier molecular flexibility index (Phi) is 5.13. The van der Waals surface area contributed by atoms with E-state index in [1.807, 2.05) is 5.38 Å². The van der Waals surface area contributed by atoms with Crippen LogP contribution in [-0.2, 0) is 17.1 Å². The zero-order valence-electron chi connectivity index (χ0n) is 13.2. The Hall–Kier alpha value is -1.88. The molecule has 0 amide bonds. The summed E-state index contributed by atoms with van der Waals surface area (Å²) in [6.45, 7) is 0.387. The maximum Gasteiger partial charge on any atom is 0.262 e. The average molecular weight is 398 g/mol. The van der Waals surface area contributed by atoms with E-state index in [-0.39, 0.29) is 10.5 Å². The van der Waals surface area contributed by atoms with Gasteiger partial charge in [0.25, 0.3) is 5.56 Å². The molecule has 0 fully saturated rings. The SMILES string of the molecule is Cn1c(SCCOc2ccc(S(N)(=O)=O)cc2)nc2sccc2c1=O. The van der Waals surface area contributed by atoms with Gasteiger partial charge in [0, 0.05) is 12.8 Å². The van der Waals surface area contributed by atoms with Gasteiger partial charge in [0.1, 0.15) is 10.6 Å². The quantitative estimate of drug-likeness (QED) is 0.386. The minimum absolute atomic E-state index is 0.0395. The molecule has 25 heavy (non-hydrogen) atoms. The van der Waals surface area contributed by atoms with Gasteiger partial charge in [-0.1, -0.05) is 11.8 Å². The third-order valence-corrected chi connectivity index (χ3v) is 6.13. The summed E-state index contributed by atoms with van der Waals surface area (Å²) in [5.41, 5.74) is -0.0618. The second-order valence-electron chi connectivity index (χ2n) is 5.11. The number of ether oxygens (including phenoxy) is 1. The van der Waals surface area contributed by atoms with Crippen molar-refractivity contribution in [3.8, 4) is 5.75 Å². The van der Waals surface area contributed by atoms with E-state index in [4.69, 9.17) is 9.88 Å². The van der Waals surface area contributed by atoms with Gasteiger partial charge in [-0.3, -0.25) is 9.36 Å². The number of thioether (sulfide) groups is 1. The molecular formula is C15H15N3O4S3. The van der Waals surface area contributed by atoms with Gasteiger partial charge in [0.05, 0.1) is 16.9 Å². The largest absolute Gasteiger partial charge is 0.493 e. The van der Waals surface area contributed by atoms with E-state index in [0.29, 0.717) is 28.7 Å². The van der Waals surface area contributed by atoms with Gasteiger partial charge < -0.3 is 4.74 Å². The molecule has 2 aromatic heterocycles. The first-order valence-electron chi connectivity index (χ1n) is 7.19. The van der Waals surface area contributed by atoms with Crippen molar-refractivity contribution in [2.24, 2.45) is 12.2 Å². The highest BCUT2D eigenvalue weighted by atomic mass is 32.2. The highest BCUT2D eigenvalue weighted by molar-refractivity contribution is 7.99. The Morgan fingerprint density at radius 2 is 2.00 bits per heavy atom. The Morgan fingerprint density at radius 1 is 1.28 bits per heavy atom. The fourth-order valence-electron chi connectivity index (χ4n) is 2.13. The van der Waals surface area contributed by atoms with Crippen LogP contribution in [0.3, 0.4) is 0 Å². The monoisotopic (exact) mass is 397 g/mol. The summed E-state index contributed by atoms with van der Waals surface area (Å²) in [6.07, 6.45) is 0. The van der Waals surface area contributed by atoms with Gasteiger partial charge in [0.15, 0.2) is 5.16 Å². The smallest absolute Gasteiger partial charge is 0.262 e. The lowest BCUT2D eigenvalue weighted by Crippen LogP contribution is -2.19. The van der Waals surface area contributed by atoms with E-state index in [0.717, 1.165) is 4.83 Å². The van der Waals surface area contributed by atoms with Crippen molar-refractivity contribution in [1.29, 1.82) is 0 Å². The molecule has 0 bridgehead atoms. The fraction of sp³-hybridized carbons (Fsp3) is 0.200. The second kappa shape index (κ2) is 7.16. The molecule has 0 saturated heterocycles. The Bertz CT molecular complexity index is 1060. The van der Waals surface area contributed by atoms with E-state index in [1.165, 1.54) is 39.8 Å². The lowest BCUT2D eigenvalue weighted by atomic mass is 10.3. The predicted molar refractivity (Wildman–Crippen MR) is 98.9 cm³/mol. The predicted octanol–water partition coefficient (Wildman–Crippen LogP) is 1.81. The zero-order chi connectivity index (χ0) is 18.0. The van der Waals surface area contributed by atoms with Gasteiger partial charge in [-0.15, -0.1) is 11.3 Å². The van der Waals surface area contributed by atoms with E-state index in [9.17, 15) is 13.2 Å². The Morgan fingerprint density at radius 3 is 2.68 bits per heavy atom. The van der Waals surface area contributed by atoms with Gasteiger partial charge in [0.2, 0.25) is 10.0 Å². The maximum absolute atomic E-state index is 12.2. The third kappa shape index (κ3) is 4.03. The molecule has 0 aliphatic carbocycles. The van der Waals surface area contributed by atoms with E-state index in [1.54, 1.807) is 25.2 Å². The molecule has 2 heterocycles. The number of thiophene rings is 1. The van der Waals surface area contributed by atoms with Crippen LogP contribution >= 0.6 is 23.1 Å². The Balaban J connectivity index is 1.60. The molecule has 0 unspecified atom stereocenters. The number of fused-ring (bicyclic) bond motifs is 1. The number of sulfonamides is 1. The summed E-state index contributed by atoms with van der Waals surface area (Å²) >= 11 is 2.86. The highest BCUT2D eigenvalue weighted by Crippen LogP contribution is 2.21. The number of rotatable bonds is 6. The van der Waals surface area contributed by atoms with Crippen LogP contribution in [0.1, 0.15) is 0 Å². The second-order valence-corrected chi connectivity index (χ2v) is 8.63. The van der Waals surface area contributed by atoms with Crippen molar-refractivity contribution in [2.45, 2.75) is 10.1 Å². The summed E-state index contributed by atoms with van der Waals surface area (Å²) in [6, 6.07) is 7.67. The first-order chi connectivity index (χ1) is 11.9. The fourth-order valence-corrected chi connectivity index (χ4v) is 4.24.